The van der Waals surface area contributed by atoms with E-state index in [2.05, 4.69) is 13.0 Å². The highest BCUT2D eigenvalue weighted by molar-refractivity contribution is 5.97. The quantitative estimate of drug-likeness (QED) is 0.360. The molecule has 36 heavy (non-hydrogen) atoms. The van der Waals surface area contributed by atoms with Crippen LogP contribution in [0.25, 0.3) is 11.0 Å². The van der Waals surface area contributed by atoms with Gasteiger partial charge in [0, 0.05) is 36.3 Å². The van der Waals surface area contributed by atoms with Crippen molar-refractivity contribution in [2.24, 2.45) is 0 Å². The number of hydrogen-bond donors (Lipinski definition) is 0. The molecule has 0 radical (unpaired) electrons. The average Bonchev–Trinajstić information content (AvgIpc) is 3.40. The molecule has 1 atom stereocenters. The average molecular weight is 481 g/mol. The number of carbonyl (C=O) groups is 2. The molecule has 2 amide bonds. The van der Waals surface area contributed by atoms with Gasteiger partial charge in [0.1, 0.15) is 12.4 Å². The molecule has 1 unspecified atom stereocenters. The van der Waals surface area contributed by atoms with Crippen LogP contribution in [0.15, 0.2) is 72.8 Å². The minimum absolute atomic E-state index is 0.00355. The standard InChI is InChI=1S/C30H32N4O2/c1-20(2)34(24-10-6-5-7-11-24)29(36)19-33-27-13-9-8-12-25(27)31-30(33)23-17-28(35)32(18-23)26-15-14-21(3)16-22(26)4/h5-16,20,23H,17-19H2,1-4H3. The van der Waals surface area contributed by atoms with Crippen LogP contribution in [0.5, 0.6) is 0 Å². The number of para-hydroxylation sites is 3. The van der Waals surface area contributed by atoms with E-state index in [0.29, 0.717) is 13.0 Å². The fourth-order valence-corrected chi connectivity index (χ4v) is 5.32. The van der Waals surface area contributed by atoms with Crippen LogP contribution in [0.1, 0.15) is 43.1 Å². The zero-order chi connectivity index (χ0) is 25.4. The molecule has 2 heterocycles. The second kappa shape index (κ2) is 9.61. The predicted molar refractivity (Wildman–Crippen MR) is 144 cm³/mol. The summed E-state index contributed by atoms with van der Waals surface area (Å²) >= 11 is 0. The molecule has 0 saturated carbocycles. The molecule has 0 spiro atoms. The van der Waals surface area contributed by atoms with E-state index in [1.54, 1.807) is 0 Å². The number of hydrogen-bond acceptors (Lipinski definition) is 3. The maximum Gasteiger partial charge on any atom is 0.247 e. The Kier molecular flexibility index (Phi) is 6.35. The monoisotopic (exact) mass is 480 g/mol. The van der Waals surface area contributed by atoms with E-state index >= 15 is 0 Å². The third kappa shape index (κ3) is 4.39. The lowest BCUT2D eigenvalue weighted by atomic mass is 10.1. The molecular weight excluding hydrogens is 448 g/mol. The lowest BCUT2D eigenvalue weighted by molar-refractivity contribution is -0.119. The van der Waals surface area contributed by atoms with E-state index in [0.717, 1.165) is 33.8 Å². The van der Waals surface area contributed by atoms with Gasteiger partial charge in [-0.1, -0.05) is 48.0 Å². The molecule has 0 aliphatic carbocycles. The van der Waals surface area contributed by atoms with E-state index in [9.17, 15) is 9.59 Å². The summed E-state index contributed by atoms with van der Waals surface area (Å²) in [5, 5.41) is 0. The Labute approximate surface area is 212 Å². The number of aryl methyl sites for hydroxylation is 2. The fraction of sp³-hybridized carbons (Fsp3) is 0.300. The van der Waals surface area contributed by atoms with Crippen LogP contribution in [-0.2, 0) is 16.1 Å². The van der Waals surface area contributed by atoms with E-state index in [4.69, 9.17) is 4.98 Å². The van der Waals surface area contributed by atoms with Crippen LogP contribution in [-0.4, -0.2) is 34.0 Å². The molecular formula is C30H32N4O2. The van der Waals surface area contributed by atoms with Gasteiger partial charge in [-0.15, -0.1) is 0 Å². The van der Waals surface area contributed by atoms with Crippen molar-refractivity contribution in [3.05, 3.63) is 89.7 Å². The van der Waals surface area contributed by atoms with Gasteiger partial charge >= 0.3 is 0 Å². The Morgan fingerprint density at radius 3 is 2.47 bits per heavy atom. The number of amides is 2. The number of imidazole rings is 1. The zero-order valence-corrected chi connectivity index (χ0v) is 21.3. The molecule has 3 aromatic carbocycles. The number of benzene rings is 3. The van der Waals surface area contributed by atoms with Gasteiger partial charge in [0.15, 0.2) is 0 Å². The summed E-state index contributed by atoms with van der Waals surface area (Å²) in [5.74, 6) is 0.783. The third-order valence-corrected chi connectivity index (χ3v) is 6.93. The number of aromatic nitrogens is 2. The number of carbonyl (C=O) groups excluding carboxylic acids is 2. The molecule has 1 saturated heterocycles. The summed E-state index contributed by atoms with van der Waals surface area (Å²) in [7, 11) is 0. The molecule has 184 valence electrons. The summed E-state index contributed by atoms with van der Waals surface area (Å²) in [6.07, 6.45) is 0.372. The molecule has 6 nitrogen and oxygen atoms in total. The van der Waals surface area contributed by atoms with E-state index < -0.39 is 0 Å². The molecule has 1 aromatic heterocycles. The highest BCUT2D eigenvalue weighted by Gasteiger charge is 2.36. The van der Waals surface area contributed by atoms with Gasteiger partial charge in [-0.05, 0) is 63.6 Å². The lowest BCUT2D eigenvalue weighted by Gasteiger charge is -2.28. The van der Waals surface area contributed by atoms with Crippen LogP contribution in [0.2, 0.25) is 0 Å². The lowest BCUT2D eigenvalue weighted by Crippen LogP contribution is -2.39. The first-order valence-electron chi connectivity index (χ1n) is 12.5. The van der Waals surface area contributed by atoms with Crippen LogP contribution in [0.3, 0.4) is 0 Å². The van der Waals surface area contributed by atoms with Crippen molar-refractivity contribution in [1.82, 2.24) is 9.55 Å². The van der Waals surface area contributed by atoms with Gasteiger partial charge in [-0.25, -0.2) is 4.98 Å². The Balaban J connectivity index is 1.50. The van der Waals surface area contributed by atoms with Crippen molar-refractivity contribution >= 4 is 34.2 Å². The predicted octanol–water partition coefficient (Wildman–Crippen LogP) is 5.62. The fourth-order valence-electron chi connectivity index (χ4n) is 5.32. The molecule has 1 aliphatic rings. The smallest absolute Gasteiger partial charge is 0.247 e. The summed E-state index contributed by atoms with van der Waals surface area (Å²) < 4.78 is 2.01. The van der Waals surface area contributed by atoms with E-state index in [1.807, 2.05) is 102 Å². The molecule has 0 bridgehead atoms. The Morgan fingerprint density at radius 2 is 1.75 bits per heavy atom. The topological polar surface area (TPSA) is 58.4 Å². The van der Waals surface area contributed by atoms with Gasteiger partial charge in [-0.3, -0.25) is 9.59 Å². The van der Waals surface area contributed by atoms with E-state index in [1.165, 1.54) is 5.56 Å². The van der Waals surface area contributed by atoms with Crippen molar-refractivity contribution in [2.75, 3.05) is 16.3 Å². The van der Waals surface area contributed by atoms with Crippen LogP contribution in [0.4, 0.5) is 11.4 Å². The van der Waals surface area contributed by atoms with Gasteiger partial charge in [-0.2, -0.15) is 0 Å². The maximum atomic E-state index is 13.7. The number of rotatable bonds is 6. The molecule has 6 heteroatoms. The second-order valence-electron chi connectivity index (χ2n) is 9.93. The number of fused-ring (bicyclic) bond motifs is 1. The van der Waals surface area contributed by atoms with Crippen molar-refractivity contribution < 1.29 is 9.59 Å². The Bertz CT molecular complexity index is 1420. The molecule has 5 rings (SSSR count). The summed E-state index contributed by atoms with van der Waals surface area (Å²) in [4.78, 5) is 35.5. The molecule has 4 aromatic rings. The third-order valence-electron chi connectivity index (χ3n) is 6.93. The Hall–Kier alpha value is -3.93. The highest BCUT2D eigenvalue weighted by atomic mass is 16.2. The maximum absolute atomic E-state index is 13.7. The largest absolute Gasteiger partial charge is 0.318 e. The summed E-state index contributed by atoms with van der Waals surface area (Å²) in [6.45, 7) is 8.86. The first kappa shape index (κ1) is 23.8. The highest BCUT2D eigenvalue weighted by Crippen LogP contribution is 2.35. The first-order valence-corrected chi connectivity index (χ1v) is 12.5. The SMILES string of the molecule is Cc1ccc(N2CC(c3nc4ccccc4n3CC(=O)N(c3ccccc3)C(C)C)CC2=O)c(C)c1. The minimum atomic E-state index is -0.0948. The summed E-state index contributed by atoms with van der Waals surface area (Å²) in [6, 6.07) is 23.8. The number of anilines is 2. The normalized spacial score (nSPS) is 15.8. The first-order chi connectivity index (χ1) is 17.3. The van der Waals surface area contributed by atoms with Gasteiger partial charge in [0.25, 0.3) is 0 Å². The van der Waals surface area contributed by atoms with Crippen molar-refractivity contribution in [3.63, 3.8) is 0 Å². The van der Waals surface area contributed by atoms with Gasteiger partial charge in [0.05, 0.1) is 11.0 Å². The van der Waals surface area contributed by atoms with Crippen molar-refractivity contribution in [1.29, 1.82) is 0 Å². The van der Waals surface area contributed by atoms with Crippen molar-refractivity contribution in [2.45, 2.75) is 52.6 Å². The van der Waals surface area contributed by atoms with Crippen LogP contribution < -0.4 is 9.80 Å². The van der Waals surface area contributed by atoms with Crippen LogP contribution >= 0.6 is 0 Å². The van der Waals surface area contributed by atoms with Crippen molar-refractivity contribution in [3.8, 4) is 0 Å². The van der Waals surface area contributed by atoms with Crippen LogP contribution in [0, 0.1) is 13.8 Å². The van der Waals surface area contributed by atoms with Gasteiger partial charge < -0.3 is 14.4 Å². The minimum Gasteiger partial charge on any atom is -0.318 e. The summed E-state index contributed by atoms with van der Waals surface area (Å²) in [5.41, 5.74) is 5.84. The molecule has 1 aliphatic heterocycles. The van der Waals surface area contributed by atoms with E-state index in [-0.39, 0.29) is 30.3 Å². The molecule has 0 N–H and O–H groups in total. The Morgan fingerprint density at radius 1 is 1.03 bits per heavy atom. The second-order valence-corrected chi connectivity index (χ2v) is 9.93. The zero-order valence-electron chi connectivity index (χ0n) is 21.3. The van der Waals surface area contributed by atoms with Gasteiger partial charge in [0.2, 0.25) is 11.8 Å². The number of nitrogens with zero attached hydrogens (tertiary/aromatic N) is 4. The molecule has 1 fully saturated rings.